The summed E-state index contributed by atoms with van der Waals surface area (Å²) in [5, 5.41) is 0. The fourth-order valence-corrected chi connectivity index (χ4v) is 8.78. The molecule has 0 aromatic heterocycles. The van der Waals surface area contributed by atoms with Gasteiger partial charge in [-0.05, 0) is 83.5 Å². The molecular weight excluding hydrogens is 364 g/mol. The average molecular weight is 403 g/mol. The number of ether oxygens (including phenoxy) is 2. The normalized spacial score (nSPS) is 55.6. The fraction of sp³-hybridized carbons (Fsp3) is 0.920. The van der Waals surface area contributed by atoms with Crippen molar-refractivity contribution in [2.24, 2.45) is 39.9 Å². The van der Waals surface area contributed by atoms with Gasteiger partial charge < -0.3 is 9.47 Å². The Morgan fingerprint density at radius 1 is 1.07 bits per heavy atom. The van der Waals surface area contributed by atoms with E-state index < -0.39 is 11.5 Å². The van der Waals surface area contributed by atoms with Crippen LogP contribution in [-0.4, -0.2) is 29.1 Å². The monoisotopic (exact) mass is 402 g/mol. The molecule has 5 aliphatic rings. The maximum Gasteiger partial charge on any atom is 0.311 e. The largest absolute Gasteiger partial charge is 0.453 e. The highest BCUT2D eigenvalue weighted by Crippen LogP contribution is 2.79. The van der Waals surface area contributed by atoms with Gasteiger partial charge in [-0.1, -0.05) is 20.8 Å². The van der Waals surface area contributed by atoms with E-state index in [0.29, 0.717) is 11.8 Å². The van der Waals surface area contributed by atoms with Gasteiger partial charge in [0.15, 0.2) is 11.9 Å². The molecule has 1 aliphatic heterocycles. The van der Waals surface area contributed by atoms with Crippen LogP contribution in [-0.2, 0) is 19.1 Å². The smallest absolute Gasteiger partial charge is 0.311 e. The molecule has 4 nitrogen and oxygen atoms in total. The second-order valence-corrected chi connectivity index (χ2v) is 12.7. The first-order valence-corrected chi connectivity index (χ1v) is 11.8. The van der Waals surface area contributed by atoms with Gasteiger partial charge in [-0.25, -0.2) is 0 Å². The molecule has 1 heterocycles. The van der Waals surface area contributed by atoms with Gasteiger partial charge in [0.2, 0.25) is 0 Å². The van der Waals surface area contributed by atoms with Gasteiger partial charge in [0.1, 0.15) is 5.60 Å². The van der Waals surface area contributed by atoms with Crippen molar-refractivity contribution in [1.29, 1.82) is 0 Å². The van der Waals surface area contributed by atoms with E-state index in [-0.39, 0.29) is 45.6 Å². The molecule has 0 aromatic rings. The first-order valence-electron chi connectivity index (χ1n) is 11.8. The summed E-state index contributed by atoms with van der Waals surface area (Å²) < 4.78 is 12.7. The summed E-state index contributed by atoms with van der Waals surface area (Å²) in [5.41, 5.74) is -1.20. The Labute approximate surface area is 175 Å². The van der Waals surface area contributed by atoms with Gasteiger partial charge in [-0.3, -0.25) is 9.59 Å². The summed E-state index contributed by atoms with van der Waals surface area (Å²) in [6.45, 7) is 14.9. The van der Waals surface area contributed by atoms with E-state index in [1.165, 1.54) is 0 Å². The minimum atomic E-state index is -0.628. The molecule has 0 aromatic carbocycles. The Bertz CT molecular complexity index is 782. The number of hydrogen-bond donors (Lipinski definition) is 0. The fourth-order valence-electron chi connectivity index (χ4n) is 8.78. The highest BCUT2D eigenvalue weighted by molar-refractivity contribution is 5.91. The number of esters is 1. The highest BCUT2D eigenvalue weighted by Gasteiger charge is 2.84. The standard InChI is InChI=1S/C25H38O4/c1-14-8-9-16-17(26)18(28-20(27)21(2,3)4)22(5)12-13-25-19(22)24(16,7)15(14)10-11-23(25,6)29-25/h14-16,18-19H,8-13H2,1-7H3/t14-,15?,16+,18-,19+,22+,23+,24-,25-/m1/s1. The summed E-state index contributed by atoms with van der Waals surface area (Å²) in [7, 11) is 0. The molecule has 0 radical (unpaired) electrons. The number of rotatable bonds is 1. The molecule has 0 N–H and O–H groups in total. The zero-order chi connectivity index (χ0) is 21.2. The van der Waals surface area contributed by atoms with Crippen LogP contribution in [0.4, 0.5) is 0 Å². The first kappa shape index (κ1) is 20.0. The van der Waals surface area contributed by atoms with Crippen LogP contribution < -0.4 is 0 Å². The summed E-state index contributed by atoms with van der Waals surface area (Å²) in [4.78, 5) is 26.8. The van der Waals surface area contributed by atoms with Gasteiger partial charge in [-0.2, -0.15) is 0 Å². The zero-order valence-corrected chi connectivity index (χ0v) is 19.3. The highest BCUT2D eigenvalue weighted by atomic mass is 16.6. The van der Waals surface area contributed by atoms with Crippen LogP contribution in [0.15, 0.2) is 0 Å². The van der Waals surface area contributed by atoms with Gasteiger partial charge in [-0.15, -0.1) is 0 Å². The van der Waals surface area contributed by atoms with E-state index >= 15 is 0 Å². The summed E-state index contributed by atoms with van der Waals surface area (Å²) in [5.74, 6) is 1.40. The number of Topliss-reactive ketones (excluding diaryl/α,β-unsaturated/α-hetero) is 1. The molecule has 162 valence electrons. The Morgan fingerprint density at radius 2 is 1.76 bits per heavy atom. The number of hydrogen-bond acceptors (Lipinski definition) is 4. The molecule has 5 fully saturated rings. The number of carbonyl (C=O) groups excluding carboxylic acids is 2. The Kier molecular flexibility index (Phi) is 3.78. The quantitative estimate of drug-likeness (QED) is 0.461. The molecule has 1 spiro atoms. The third-order valence-corrected chi connectivity index (χ3v) is 10.2. The molecule has 9 atom stereocenters. The molecule has 4 saturated carbocycles. The Balaban J connectivity index is 1.65. The summed E-state index contributed by atoms with van der Waals surface area (Å²) >= 11 is 0. The van der Waals surface area contributed by atoms with E-state index in [2.05, 4.69) is 27.7 Å². The average Bonchev–Trinajstić information content (AvgIpc) is 3.07. The Hall–Kier alpha value is -0.900. The van der Waals surface area contributed by atoms with Crippen molar-refractivity contribution < 1.29 is 19.1 Å². The zero-order valence-electron chi connectivity index (χ0n) is 19.3. The minimum absolute atomic E-state index is 0.0129. The van der Waals surface area contributed by atoms with Crippen molar-refractivity contribution in [3.05, 3.63) is 0 Å². The lowest BCUT2D eigenvalue weighted by molar-refractivity contribution is -0.205. The maximum atomic E-state index is 14.0. The van der Waals surface area contributed by atoms with Crippen molar-refractivity contribution in [3.63, 3.8) is 0 Å². The van der Waals surface area contributed by atoms with E-state index in [9.17, 15) is 9.59 Å². The minimum Gasteiger partial charge on any atom is -0.453 e. The summed E-state index contributed by atoms with van der Waals surface area (Å²) in [6.07, 6.45) is 5.55. The van der Waals surface area contributed by atoms with Crippen LogP contribution in [0.5, 0.6) is 0 Å². The second-order valence-electron chi connectivity index (χ2n) is 12.7. The van der Waals surface area contributed by atoms with Crippen molar-refractivity contribution in [1.82, 2.24) is 0 Å². The number of carbonyl (C=O) groups is 2. The van der Waals surface area contributed by atoms with E-state index in [4.69, 9.17) is 9.47 Å². The van der Waals surface area contributed by atoms with Crippen LogP contribution in [0, 0.1) is 39.9 Å². The van der Waals surface area contributed by atoms with Crippen molar-refractivity contribution >= 4 is 11.8 Å². The predicted molar refractivity (Wildman–Crippen MR) is 110 cm³/mol. The lowest BCUT2D eigenvalue weighted by atomic mass is 9.42. The third-order valence-electron chi connectivity index (χ3n) is 10.2. The van der Waals surface area contributed by atoms with Gasteiger partial charge >= 0.3 is 5.97 Å². The molecular formula is C25H38O4. The number of ketones is 1. The van der Waals surface area contributed by atoms with Crippen LogP contribution in [0.1, 0.15) is 87.0 Å². The SMILES string of the molecule is C[C@@H]1CC[C@H]2C(=O)[C@@H](OC(=O)C(C)(C)C)[C@]3(C)CC[C@]45O[C@@]4(C)CCC1[C@@]2(C)[C@H]35. The summed E-state index contributed by atoms with van der Waals surface area (Å²) in [6, 6.07) is 0. The molecule has 4 aliphatic carbocycles. The van der Waals surface area contributed by atoms with Crippen molar-refractivity contribution in [3.8, 4) is 0 Å². The van der Waals surface area contributed by atoms with E-state index in [0.717, 1.165) is 38.5 Å². The maximum absolute atomic E-state index is 14.0. The van der Waals surface area contributed by atoms with Crippen molar-refractivity contribution in [2.45, 2.75) is 104 Å². The van der Waals surface area contributed by atoms with Crippen LogP contribution >= 0.6 is 0 Å². The number of epoxide rings is 1. The molecule has 0 bridgehead atoms. The molecule has 29 heavy (non-hydrogen) atoms. The van der Waals surface area contributed by atoms with Crippen LogP contribution in [0.3, 0.4) is 0 Å². The molecule has 1 unspecified atom stereocenters. The topological polar surface area (TPSA) is 55.9 Å². The third kappa shape index (κ3) is 2.20. The van der Waals surface area contributed by atoms with Crippen molar-refractivity contribution in [2.75, 3.05) is 0 Å². The molecule has 4 heteroatoms. The molecule has 0 amide bonds. The first-order chi connectivity index (χ1) is 13.3. The predicted octanol–water partition coefficient (Wildman–Crippen LogP) is 4.93. The van der Waals surface area contributed by atoms with E-state index in [1.807, 2.05) is 20.8 Å². The van der Waals surface area contributed by atoms with Crippen LogP contribution in [0.25, 0.3) is 0 Å². The van der Waals surface area contributed by atoms with E-state index in [1.54, 1.807) is 0 Å². The Morgan fingerprint density at radius 3 is 2.41 bits per heavy atom. The lowest BCUT2D eigenvalue weighted by Gasteiger charge is -2.62. The molecule has 5 rings (SSSR count). The van der Waals surface area contributed by atoms with Gasteiger partial charge in [0.05, 0.1) is 11.0 Å². The molecule has 1 saturated heterocycles. The van der Waals surface area contributed by atoms with Gasteiger partial charge in [0.25, 0.3) is 0 Å². The van der Waals surface area contributed by atoms with Gasteiger partial charge in [0, 0.05) is 17.3 Å². The second kappa shape index (κ2) is 5.47. The van der Waals surface area contributed by atoms with Crippen LogP contribution in [0.2, 0.25) is 0 Å². The lowest BCUT2D eigenvalue weighted by Crippen LogP contribution is -2.66.